The molecule has 0 bridgehead atoms. The number of carbonyl (C=O) groups excluding carboxylic acids is 2. The number of rotatable bonds is 5. The highest BCUT2D eigenvalue weighted by molar-refractivity contribution is 7.80. The molecule has 34 heavy (non-hydrogen) atoms. The summed E-state index contributed by atoms with van der Waals surface area (Å²) in [5, 5.41) is 8.37. The molecular formula is C24H17ClF3N3O2S. The summed E-state index contributed by atoms with van der Waals surface area (Å²) in [6.45, 7) is 0. The van der Waals surface area contributed by atoms with Crippen LogP contribution in [0.1, 0.15) is 21.5 Å². The van der Waals surface area contributed by atoms with Crippen LogP contribution in [0.5, 0.6) is 0 Å². The van der Waals surface area contributed by atoms with Gasteiger partial charge in [-0.3, -0.25) is 14.9 Å². The Morgan fingerprint density at radius 3 is 2.21 bits per heavy atom. The minimum Gasteiger partial charge on any atom is -0.332 e. The molecule has 0 saturated carbocycles. The van der Waals surface area contributed by atoms with Crippen molar-refractivity contribution in [3.63, 3.8) is 0 Å². The first-order valence-corrected chi connectivity index (χ1v) is 10.5. The van der Waals surface area contributed by atoms with Gasteiger partial charge in [0.1, 0.15) is 0 Å². The molecule has 0 atom stereocenters. The summed E-state index contributed by atoms with van der Waals surface area (Å²) in [7, 11) is 0. The molecule has 3 N–H and O–H groups in total. The molecule has 0 aromatic heterocycles. The van der Waals surface area contributed by atoms with E-state index < -0.39 is 23.6 Å². The number of alkyl halides is 3. The topological polar surface area (TPSA) is 70.2 Å². The summed E-state index contributed by atoms with van der Waals surface area (Å²) >= 11 is 10.9. The van der Waals surface area contributed by atoms with Crippen molar-refractivity contribution in [2.24, 2.45) is 0 Å². The SMILES string of the molecule is O=C(/C=C/c1ccc(Cl)cc1)NC(=S)Nc1ccc(C(=O)Nc2cccc(C(F)(F)F)c2)cc1. The highest BCUT2D eigenvalue weighted by Gasteiger charge is 2.30. The Kier molecular flexibility index (Phi) is 8.04. The zero-order valence-electron chi connectivity index (χ0n) is 17.3. The highest BCUT2D eigenvalue weighted by Crippen LogP contribution is 2.30. The van der Waals surface area contributed by atoms with Crippen LogP contribution in [0.2, 0.25) is 5.02 Å². The van der Waals surface area contributed by atoms with Crippen LogP contribution in [0, 0.1) is 0 Å². The van der Waals surface area contributed by atoms with Crippen molar-refractivity contribution >= 4 is 58.2 Å². The van der Waals surface area contributed by atoms with E-state index in [0.29, 0.717) is 10.7 Å². The zero-order chi connectivity index (χ0) is 24.7. The minimum atomic E-state index is -4.51. The van der Waals surface area contributed by atoms with Gasteiger partial charge in [0.25, 0.3) is 5.91 Å². The average Bonchev–Trinajstić information content (AvgIpc) is 2.78. The molecular weight excluding hydrogens is 487 g/mol. The third-order valence-electron chi connectivity index (χ3n) is 4.39. The van der Waals surface area contributed by atoms with Crippen LogP contribution in [-0.4, -0.2) is 16.9 Å². The Labute approximate surface area is 203 Å². The first-order valence-electron chi connectivity index (χ1n) is 9.74. The van der Waals surface area contributed by atoms with Gasteiger partial charge >= 0.3 is 6.18 Å². The smallest absolute Gasteiger partial charge is 0.332 e. The molecule has 3 aromatic rings. The summed E-state index contributed by atoms with van der Waals surface area (Å²) < 4.78 is 38.5. The lowest BCUT2D eigenvalue weighted by atomic mass is 10.1. The van der Waals surface area contributed by atoms with Crippen molar-refractivity contribution in [3.8, 4) is 0 Å². The molecule has 2 amide bonds. The fraction of sp³-hybridized carbons (Fsp3) is 0.0417. The first kappa shape index (κ1) is 24.9. The number of hydrogen-bond acceptors (Lipinski definition) is 3. The van der Waals surface area contributed by atoms with Crippen molar-refractivity contribution in [2.75, 3.05) is 10.6 Å². The average molecular weight is 504 g/mol. The molecule has 0 saturated heterocycles. The quantitative estimate of drug-likeness (QED) is 0.289. The molecule has 0 unspecified atom stereocenters. The van der Waals surface area contributed by atoms with E-state index in [9.17, 15) is 22.8 Å². The Hall–Kier alpha value is -3.69. The van der Waals surface area contributed by atoms with Gasteiger partial charge in [0.2, 0.25) is 5.91 Å². The van der Waals surface area contributed by atoms with Crippen LogP contribution in [0.15, 0.2) is 78.9 Å². The van der Waals surface area contributed by atoms with Crippen molar-refractivity contribution in [1.29, 1.82) is 0 Å². The number of halogens is 4. The normalized spacial score (nSPS) is 11.2. The number of carbonyl (C=O) groups is 2. The predicted molar refractivity (Wildman–Crippen MR) is 131 cm³/mol. The molecule has 0 aliphatic rings. The molecule has 3 aromatic carbocycles. The standard InChI is InChI=1S/C24H17ClF3N3O2S/c25-18-9-4-15(5-10-18)6-13-21(32)31-23(34)30-19-11-7-16(8-12-19)22(33)29-20-3-1-2-17(14-20)24(26,27)28/h1-14H,(H,29,33)(H2,30,31,32,34)/b13-6+. The second-order valence-corrected chi connectivity index (χ2v) is 7.78. The van der Waals surface area contributed by atoms with Crippen molar-refractivity contribution in [3.05, 3.63) is 101 Å². The number of nitrogens with one attached hydrogen (secondary N) is 3. The van der Waals surface area contributed by atoms with Crippen LogP contribution in [0.4, 0.5) is 24.5 Å². The first-order chi connectivity index (χ1) is 16.1. The van der Waals surface area contributed by atoms with Crippen molar-refractivity contribution in [2.45, 2.75) is 6.18 Å². The maximum atomic E-state index is 12.8. The largest absolute Gasteiger partial charge is 0.416 e. The molecule has 0 heterocycles. The Morgan fingerprint density at radius 1 is 0.882 bits per heavy atom. The fourth-order valence-electron chi connectivity index (χ4n) is 2.74. The number of amides is 2. The van der Waals surface area contributed by atoms with Gasteiger partial charge in [0.05, 0.1) is 5.56 Å². The Morgan fingerprint density at radius 2 is 1.56 bits per heavy atom. The molecule has 10 heteroatoms. The van der Waals surface area contributed by atoms with E-state index in [-0.39, 0.29) is 16.4 Å². The third-order valence-corrected chi connectivity index (χ3v) is 4.84. The van der Waals surface area contributed by atoms with E-state index in [1.807, 2.05) is 0 Å². The second kappa shape index (κ2) is 11.0. The summed E-state index contributed by atoms with van der Waals surface area (Å²) in [4.78, 5) is 24.4. The van der Waals surface area contributed by atoms with Gasteiger partial charge in [-0.25, -0.2) is 0 Å². The van der Waals surface area contributed by atoms with Gasteiger partial charge in [-0.05, 0) is 78.5 Å². The van der Waals surface area contributed by atoms with Gasteiger partial charge in [0.15, 0.2) is 5.11 Å². The number of hydrogen-bond donors (Lipinski definition) is 3. The van der Waals surface area contributed by atoms with Crippen LogP contribution in [0.3, 0.4) is 0 Å². The molecule has 174 valence electrons. The number of benzene rings is 3. The summed E-state index contributed by atoms with van der Waals surface area (Å²) in [5.41, 5.74) is 0.685. The molecule has 0 fully saturated rings. The van der Waals surface area contributed by atoms with E-state index >= 15 is 0 Å². The maximum Gasteiger partial charge on any atom is 0.416 e. The van der Waals surface area contributed by atoms with Gasteiger partial charge < -0.3 is 10.6 Å². The third kappa shape index (κ3) is 7.43. The molecule has 0 spiro atoms. The number of thiocarbonyl (C=S) groups is 1. The van der Waals surface area contributed by atoms with Crippen LogP contribution in [-0.2, 0) is 11.0 Å². The monoisotopic (exact) mass is 503 g/mol. The van der Waals surface area contributed by atoms with E-state index in [4.69, 9.17) is 23.8 Å². The maximum absolute atomic E-state index is 12.8. The molecule has 0 aliphatic carbocycles. The zero-order valence-corrected chi connectivity index (χ0v) is 18.9. The molecule has 5 nitrogen and oxygen atoms in total. The fourth-order valence-corrected chi connectivity index (χ4v) is 3.09. The van der Waals surface area contributed by atoms with E-state index in [1.54, 1.807) is 42.5 Å². The van der Waals surface area contributed by atoms with Gasteiger partial charge in [-0.2, -0.15) is 13.2 Å². The van der Waals surface area contributed by atoms with E-state index in [2.05, 4.69) is 16.0 Å². The molecule has 0 aliphatic heterocycles. The van der Waals surface area contributed by atoms with Gasteiger partial charge in [0, 0.05) is 28.0 Å². The number of anilines is 2. The predicted octanol–water partition coefficient (Wildman–Crippen LogP) is 6.14. The molecule has 0 radical (unpaired) electrons. The summed E-state index contributed by atoms with van der Waals surface area (Å²) in [5.74, 6) is -1.02. The highest BCUT2D eigenvalue weighted by atomic mass is 35.5. The van der Waals surface area contributed by atoms with E-state index in [1.165, 1.54) is 30.3 Å². The van der Waals surface area contributed by atoms with Gasteiger partial charge in [-0.1, -0.05) is 29.8 Å². The summed E-state index contributed by atoms with van der Waals surface area (Å²) in [6, 6.07) is 17.3. The lowest BCUT2D eigenvalue weighted by Crippen LogP contribution is -2.32. The van der Waals surface area contributed by atoms with Crippen molar-refractivity contribution < 1.29 is 22.8 Å². The van der Waals surface area contributed by atoms with Crippen molar-refractivity contribution in [1.82, 2.24) is 5.32 Å². The van der Waals surface area contributed by atoms with Crippen LogP contribution >= 0.6 is 23.8 Å². The molecule has 3 rings (SSSR count). The minimum absolute atomic E-state index is 0.0255. The Balaban J connectivity index is 1.53. The lowest BCUT2D eigenvalue weighted by molar-refractivity contribution is -0.137. The Bertz CT molecular complexity index is 1230. The van der Waals surface area contributed by atoms with E-state index in [0.717, 1.165) is 17.7 Å². The van der Waals surface area contributed by atoms with Gasteiger partial charge in [-0.15, -0.1) is 0 Å². The van der Waals surface area contributed by atoms with Crippen LogP contribution < -0.4 is 16.0 Å². The lowest BCUT2D eigenvalue weighted by Gasteiger charge is -2.11. The summed E-state index contributed by atoms with van der Waals surface area (Å²) in [6.07, 6.45) is -1.59. The second-order valence-electron chi connectivity index (χ2n) is 6.94. The van der Waals surface area contributed by atoms with Crippen LogP contribution in [0.25, 0.3) is 6.08 Å².